The summed E-state index contributed by atoms with van der Waals surface area (Å²) in [6.45, 7) is 0. The summed E-state index contributed by atoms with van der Waals surface area (Å²) in [5.41, 5.74) is 12.1. The highest BCUT2D eigenvalue weighted by atomic mass is 35.5. The highest BCUT2D eigenvalue weighted by molar-refractivity contribution is 6.39. The number of halogens is 2. The lowest BCUT2D eigenvalue weighted by Gasteiger charge is -2.08. The predicted molar refractivity (Wildman–Crippen MR) is 83.8 cm³/mol. The van der Waals surface area contributed by atoms with E-state index >= 15 is 0 Å². The Bertz CT molecular complexity index is 692. The third kappa shape index (κ3) is 3.45. The van der Waals surface area contributed by atoms with Gasteiger partial charge >= 0.3 is 0 Å². The van der Waals surface area contributed by atoms with E-state index in [1.807, 2.05) is 0 Å². The Morgan fingerprint density at radius 1 is 0.952 bits per heavy atom. The molecule has 0 aliphatic carbocycles. The average molecular weight is 324 g/mol. The Balaban J connectivity index is 2.20. The molecule has 0 unspecified atom stereocenters. The van der Waals surface area contributed by atoms with E-state index in [1.54, 1.807) is 12.1 Å². The second-order valence-corrected chi connectivity index (χ2v) is 5.06. The van der Waals surface area contributed by atoms with Crippen LogP contribution in [0.15, 0.2) is 36.4 Å². The summed E-state index contributed by atoms with van der Waals surface area (Å²) in [6, 6.07) is 9.02. The van der Waals surface area contributed by atoms with Crippen LogP contribution in [0, 0.1) is 0 Å². The summed E-state index contributed by atoms with van der Waals surface area (Å²) < 4.78 is 0. The van der Waals surface area contributed by atoms with Gasteiger partial charge in [-0.15, -0.1) is 0 Å². The van der Waals surface area contributed by atoms with Gasteiger partial charge in [0.15, 0.2) is 0 Å². The van der Waals surface area contributed by atoms with Gasteiger partial charge in [-0.05, 0) is 36.4 Å². The topological polar surface area (TPSA) is 98.2 Å². The van der Waals surface area contributed by atoms with Crippen LogP contribution < -0.4 is 16.8 Å². The van der Waals surface area contributed by atoms with Gasteiger partial charge in [-0.3, -0.25) is 9.59 Å². The van der Waals surface area contributed by atoms with Crippen LogP contribution in [0.25, 0.3) is 0 Å². The zero-order valence-corrected chi connectivity index (χ0v) is 12.2. The van der Waals surface area contributed by atoms with Crippen LogP contribution >= 0.6 is 23.2 Å². The maximum absolute atomic E-state index is 12.1. The molecule has 2 rings (SSSR count). The Kier molecular flexibility index (Phi) is 4.35. The second-order valence-electron chi connectivity index (χ2n) is 4.25. The number of anilines is 2. The number of nitrogens with one attached hydrogen (secondary N) is 1. The van der Waals surface area contributed by atoms with Gasteiger partial charge in [-0.25, -0.2) is 0 Å². The number of carbonyl (C=O) groups excluding carboxylic acids is 2. The molecule has 7 heteroatoms. The first-order valence-corrected chi connectivity index (χ1v) is 6.60. The Hall–Kier alpha value is -2.24. The first kappa shape index (κ1) is 15.2. The van der Waals surface area contributed by atoms with E-state index in [1.165, 1.54) is 24.3 Å². The highest BCUT2D eigenvalue weighted by Crippen LogP contribution is 2.29. The van der Waals surface area contributed by atoms with Crippen molar-refractivity contribution in [3.63, 3.8) is 0 Å². The van der Waals surface area contributed by atoms with E-state index in [0.717, 1.165) is 0 Å². The number of nitrogens with two attached hydrogens (primary N) is 2. The van der Waals surface area contributed by atoms with Crippen LogP contribution in [0.2, 0.25) is 10.0 Å². The Morgan fingerprint density at radius 2 is 1.48 bits per heavy atom. The third-order valence-corrected chi connectivity index (χ3v) is 3.39. The molecular formula is C14H11Cl2N3O2. The van der Waals surface area contributed by atoms with Gasteiger partial charge in [0.25, 0.3) is 5.91 Å². The smallest absolute Gasteiger partial charge is 0.255 e. The summed E-state index contributed by atoms with van der Waals surface area (Å²) in [5, 5.41) is 3.06. The van der Waals surface area contributed by atoms with Crippen LogP contribution in [0.3, 0.4) is 0 Å². The van der Waals surface area contributed by atoms with Crippen molar-refractivity contribution in [3.05, 3.63) is 57.6 Å². The fourth-order valence-electron chi connectivity index (χ4n) is 1.64. The molecular weight excluding hydrogens is 313 g/mol. The van der Waals surface area contributed by atoms with Gasteiger partial charge in [0, 0.05) is 16.8 Å². The molecule has 2 aromatic carbocycles. The number of hydrogen-bond donors (Lipinski definition) is 3. The minimum atomic E-state index is -0.537. The molecule has 5 N–H and O–H groups in total. The number of amides is 2. The standard InChI is InChI=1S/C14H11Cl2N3O2/c15-10-5-8(6-11(16)12(10)17)14(21)19-9-3-1-7(2-4-9)13(18)20/h1-6H,17H2,(H2,18,20)(H,19,21). The molecule has 0 atom stereocenters. The molecule has 0 aromatic heterocycles. The van der Waals surface area contributed by atoms with Crippen molar-refractivity contribution in [2.75, 3.05) is 11.1 Å². The number of benzene rings is 2. The number of hydrogen-bond acceptors (Lipinski definition) is 3. The normalized spacial score (nSPS) is 10.2. The molecule has 21 heavy (non-hydrogen) atoms. The Labute approximate surface area is 130 Å². The number of rotatable bonds is 3. The third-order valence-electron chi connectivity index (χ3n) is 2.77. The van der Waals surface area contributed by atoms with Crippen molar-refractivity contribution >= 4 is 46.4 Å². The Morgan fingerprint density at radius 3 is 1.95 bits per heavy atom. The van der Waals surface area contributed by atoms with Gasteiger partial charge in [0.05, 0.1) is 15.7 Å². The second kappa shape index (κ2) is 6.03. The van der Waals surface area contributed by atoms with Crippen LogP contribution in [0.5, 0.6) is 0 Å². The van der Waals surface area contributed by atoms with E-state index in [2.05, 4.69) is 5.32 Å². The first-order chi connectivity index (χ1) is 9.88. The van der Waals surface area contributed by atoms with Crippen molar-refractivity contribution in [1.29, 1.82) is 0 Å². The molecule has 5 nitrogen and oxygen atoms in total. The molecule has 0 saturated carbocycles. The fourth-order valence-corrected chi connectivity index (χ4v) is 2.12. The summed E-state index contributed by atoms with van der Waals surface area (Å²) in [7, 11) is 0. The van der Waals surface area contributed by atoms with Crippen molar-refractivity contribution in [1.82, 2.24) is 0 Å². The van der Waals surface area contributed by atoms with Crippen LogP contribution in [-0.2, 0) is 0 Å². The number of carbonyl (C=O) groups is 2. The van der Waals surface area contributed by atoms with Gasteiger partial charge < -0.3 is 16.8 Å². The van der Waals surface area contributed by atoms with Crippen LogP contribution in [0.4, 0.5) is 11.4 Å². The van der Waals surface area contributed by atoms with Crippen LogP contribution in [0.1, 0.15) is 20.7 Å². The van der Waals surface area contributed by atoms with Crippen molar-refractivity contribution < 1.29 is 9.59 Å². The lowest BCUT2D eigenvalue weighted by molar-refractivity contribution is 0.0998. The molecule has 2 amide bonds. The van der Waals surface area contributed by atoms with Gasteiger partial charge in [-0.1, -0.05) is 23.2 Å². The SMILES string of the molecule is NC(=O)c1ccc(NC(=O)c2cc(Cl)c(N)c(Cl)c2)cc1. The molecule has 2 aromatic rings. The minimum absolute atomic E-state index is 0.205. The van der Waals surface area contributed by atoms with E-state index in [-0.39, 0.29) is 21.3 Å². The van der Waals surface area contributed by atoms with E-state index in [4.69, 9.17) is 34.7 Å². The molecule has 108 valence electrons. The lowest BCUT2D eigenvalue weighted by atomic mass is 10.1. The summed E-state index contributed by atoms with van der Waals surface area (Å²) in [5.74, 6) is -0.935. The monoisotopic (exact) mass is 323 g/mol. The molecule has 0 saturated heterocycles. The van der Waals surface area contributed by atoms with Crippen LogP contribution in [-0.4, -0.2) is 11.8 Å². The van der Waals surface area contributed by atoms with Gasteiger partial charge in [0.2, 0.25) is 5.91 Å². The molecule has 0 radical (unpaired) electrons. The van der Waals surface area contributed by atoms with Crippen molar-refractivity contribution in [2.24, 2.45) is 5.73 Å². The van der Waals surface area contributed by atoms with Gasteiger partial charge in [0.1, 0.15) is 0 Å². The predicted octanol–water partition coefficient (Wildman–Crippen LogP) is 2.93. The number of nitrogen functional groups attached to an aromatic ring is 1. The summed E-state index contributed by atoms with van der Waals surface area (Å²) in [6.07, 6.45) is 0. The zero-order chi connectivity index (χ0) is 15.6. The zero-order valence-electron chi connectivity index (χ0n) is 10.7. The minimum Gasteiger partial charge on any atom is -0.396 e. The van der Waals surface area contributed by atoms with E-state index in [0.29, 0.717) is 11.3 Å². The van der Waals surface area contributed by atoms with E-state index in [9.17, 15) is 9.59 Å². The molecule has 0 heterocycles. The van der Waals surface area contributed by atoms with Crippen molar-refractivity contribution in [2.45, 2.75) is 0 Å². The molecule has 0 fully saturated rings. The molecule has 0 aliphatic rings. The number of primary amides is 1. The lowest BCUT2D eigenvalue weighted by Crippen LogP contribution is -2.13. The quantitative estimate of drug-likeness (QED) is 0.757. The fraction of sp³-hybridized carbons (Fsp3) is 0. The first-order valence-electron chi connectivity index (χ1n) is 5.84. The van der Waals surface area contributed by atoms with Crippen molar-refractivity contribution in [3.8, 4) is 0 Å². The van der Waals surface area contributed by atoms with Gasteiger partial charge in [-0.2, -0.15) is 0 Å². The van der Waals surface area contributed by atoms with E-state index < -0.39 is 11.8 Å². The highest BCUT2D eigenvalue weighted by Gasteiger charge is 2.11. The summed E-state index contributed by atoms with van der Waals surface area (Å²) in [4.78, 5) is 23.0. The molecule has 0 spiro atoms. The largest absolute Gasteiger partial charge is 0.396 e. The molecule has 0 aliphatic heterocycles. The molecule has 0 bridgehead atoms. The maximum atomic E-state index is 12.1. The summed E-state index contributed by atoms with van der Waals surface area (Å²) >= 11 is 11.8. The average Bonchev–Trinajstić information content (AvgIpc) is 2.44. The maximum Gasteiger partial charge on any atom is 0.255 e.